The normalized spacial score (nSPS) is 19.9. The summed E-state index contributed by atoms with van der Waals surface area (Å²) in [5.74, 6) is 1.19. The van der Waals surface area contributed by atoms with Gasteiger partial charge in [-0.05, 0) is 43.2 Å². The van der Waals surface area contributed by atoms with Gasteiger partial charge in [0.25, 0.3) is 0 Å². The number of aromatic nitrogens is 2. The predicted molar refractivity (Wildman–Crippen MR) is 65.5 cm³/mol. The largest absolute Gasteiger partial charge is 0.301 e. The average Bonchev–Trinajstić information content (AvgIpc) is 2.66. The van der Waals surface area contributed by atoms with Crippen LogP contribution in [0.3, 0.4) is 0 Å². The first-order valence-electron chi connectivity index (χ1n) is 6.30. The van der Waals surface area contributed by atoms with Crippen molar-refractivity contribution in [3.63, 3.8) is 0 Å². The van der Waals surface area contributed by atoms with Gasteiger partial charge in [0, 0.05) is 11.9 Å². The molecule has 0 spiro atoms. The van der Waals surface area contributed by atoms with Gasteiger partial charge in [-0.25, -0.2) is 9.37 Å². The van der Waals surface area contributed by atoms with Crippen LogP contribution in [0, 0.1) is 17.7 Å². The lowest BCUT2D eigenvalue weighted by Gasteiger charge is -2.25. The summed E-state index contributed by atoms with van der Waals surface area (Å²) < 4.78 is 15.2. The monoisotopic (exact) mass is 232 g/mol. The van der Waals surface area contributed by atoms with E-state index in [-0.39, 0.29) is 5.82 Å². The maximum atomic E-state index is 13.3. The highest BCUT2D eigenvalue weighted by Crippen LogP contribution is 2.30. The van der Waals surface area contributed by atoms with Gasteiger partial charge in [0.05, 0.1) is 5.69 Å². The number of nitrogens with zero attached hydrogens (tertiary/aromatic N) is 2. The van der Waals surface area contributed by atoms with Crippen LogP contribution in [0.5, 0.6) is 0 Å². The summed E-state index contributed by atoms with van der Waals surface area (Å²) in [6.45, 7) is 4.53. The quantitative estimate of drug-likeness (QED) is 0.738. The lowest BCUT2D eigenvalue weighted by molar-refractivity contribution is 0.337. The Hall–Kier alpha value is -1.38. The third-order valence-electron chi connectivity index (χ3n) is 3.91. The molecule has 1 aliphatic carbocycles. The maximum Gasteiger partial charge on any atom is 0.139 e. The summed E-state index contributed by atoms with van der Waals surface area (Å²) in [5.41, 5.74) is 3.25. The Morgan fingerprint density at radius 2 is 2.24 bits per heavy atom. The van der Waals surface area contributed by atoms with Crippen LogP contribution in [0.1, 0.15) is 31.7 Å². The summed E-state index contributed by atoms with van der Waals surface area (Å²) in [5, 5.41) is 0. The zero-order chi connectivity index (χ0) is 12.0. The van der Waals surface area contributed by atoms with Crippen molar-refractivity contribution in [3.05, 3.63) is 35.5 Å². The van der Waals surface area contributed by atoms with Crippen LogP contribution in [0.25, 0.3) is 5.65 Å². The summed E-state index contributed by atoms with van der Waals surface area (Å²) in [7, 11) is 0. The second-order valence-corrected chi connectivity index (χ2v) is 5.33. The molecule has 2 heterocycles. The van der Waals surface area contributed by atoms with Gasteiger partial charge < -0.3 is 4.40 Å². The molecule has 0 N–H and O–H groups in total. The number of rotatable bonds is 1. The Balaban J connectivity index is 2.10. The Labute approximate surface area is 100 Å². The lowest BCUT2D eigenvalue weighted by atomic mass is 9.82. The van der Waals surface area contributed by atoms with E-state index in [4.69, 9.17) is 0 Å². The molecule has 1 aliphatic rings. The third kappa shape index (κ3) is 1.74. The highest BCUT2D eigenvalue weighted by atomic mass is 19.1. The maximum absolute atomic E-state index is 13.3. The topological polar surface area (TPSA) is 17.3 Å². The molecule has 90 valence electrons. The van der Waals surface area contributed by atoms with E-state index in [9.17, 15) is 4.39 Å². The molecule has 3 rings (SSSR count). The van der Waals surface area contributed by atoms with E-state index in [1.165, 1.54) is 18.2 Å². The molecule has 2 nitrogen and oxygen atoms in total. The minimum atomic E-state index is -0.190. The second-order valence-electron chi connectivity index (χ2n) is 5.33. The van der Waals surface area contributed by atoms with E-state index >= 15 is 0 Å². The van der Waals surface area contributed by atoms with E-state index in [2.05, 4.69) is 18.8 Å². The number of imidazole rings is 1. The molecular formula is C14H17FN2. The predicted octanol–water partition coefficient (Wildman–Crippen LogP) is 3.23. The summed E-state index contributed by atoms with van der Waals surface area (Å²) in [6.07, 6.45) is 4.82. The van der Waals surface area contributed by atoms with E-state index in [0.717, 1.165) is 24.2 Å². The Kier molecular flexibility index (Phi) is 2.42. The van der Waals surface area contributed by atoms with Crippen molar-refractivity contribution < 1.29 is 4.39 Å². The van der Waals surface area contributed by atoms with Crippen LogP contribution in [0.15, 0.2) is 18.3 Å². The van der Waals surface area contributed by atoms with Gasteiger partial charge in [0.2, 0.25) is 0 Å². The van der Waals surface area contributed by atoms with Crippen LogP contribution < -0.4 is 0 Å². The number of aryl methyl sites for hydroxylation is 1. The molecule has 1 atom stereocenters. The van der Waals surface area contributed by atoms with Crippen molar-refractivity contribution in [1.29, 1.82) is 0 Å². The van der Waals surface area contributed by atoms with Crippen LogP contribution in [-0.4, -0.2) is 9.38 Å². The number of pyridine rings is 1. The van der Waals surface area contributed by atoms with Gasteiger partial charge in [0.1, 0.15) is 11.5 Å². The van der Waals surface area contributed by atoms with Crippen molar-refractivity contribution in [2.75, 3.05) is 0 Å². The van der Waals surface area contributed by atoms with Crippen LogP contribution in [-0.2, 0) is 12.8 Å². The van der Waals surface area contributed by atoms with Crippen LogP contribution in [0.2, 0.25) is 0 Å². The molecule has 0 saturated heterocycles. The third-order valence-corrected chi connectivity index (χ3v) is 3.91. The van der Waals surface area contributed by atoms with E-state index in [1.807, 2.05) is 4.40 Å². The zero-order valence-electron chi connectivity index (χ0n) is 10.3. The minimum absolute atomic E-state index is 0.190. The second kappa shape index (κ2) is 3.83. The molecule has 0 aromatic carbocycles. The van der Waals surface area contributed by atoms with E-state index in [0.29, 0.717) is 11.8 Å². The molecule has 0 aliphatic heterocycles. The van der Waals surface area contributed by atoms with E-state index in [1.54, 1.807) is 12.3 Å². The van der Waals surface area contributed by atoms with Crippen LogP contribution >= 0.6 is 0 Å². The molecule has 0 amide bonds. The first-order chi connectivity index (χ1) is 8.15. The molecule has 0 radical (unpaired) electrons. The molecule has 17 heavy (non-hydrogen) atoms. The van der Waals surface area contributed by atoms with Crippen molar-refractivity contribution in [1.82, 2.24) is 9.38 Å². The summed E-state index contributed by atoms with van der Waals surface area (Å²) >= 11 is 0. The molecule has 1 unspecified atom stereocenters. The van der Waals surface area contributed by atoms with Crippen molar-refractivity contribution in [2.24, 2.45) is 11.8 Å². The van der Waals surface area contributed by atoms with Gasteiger partial charge in [-0.1, -0.05) is 13.8 Å². The molecule has 0 bridgehead atoms. The molecule has 3 heteroatoms. The highest BCUT2D eigenvalue weighted by molar-refractivity contribution is 5.44. The molecule has 0 saturated carbocycles. The first-order valence-corrected chi connectivity index (χ1v) is 6.30. The molecule has 2 aromatic rings. The van der Waals surface area contributed by atoms with Gasteiger partial charge in [-0.3, -0.25) is 0 Å². The highest BCUT2D eigenvalue weighted by Gasteiger charge is 2.25. The molecule has 2 aromatic heterocycles. The SMILES string of the molecule is CC(C)C1CCc2nc3ccc(F)cn3c2C1. The fourth-order valence-electron chi connectivity index (χ4n) is 2.77. The van der Waals surface area contributed by atoms with Gasteiger partial charge in [0.15, 0.2) is 0 Å². The summed E-state index contributed by atoms with van der Waals surface area (Å²) in [6, 6.07) is 3.24. The first kappa shape index (κ1) is 10.8. The van der Waals surface area contributed by atoms with Gasteiger partial charge in [-0.2, -0.15) is 0 Å². The lowest BCUT2D eigenvalue weighted by Crippen LogP contribution is -2.19. The zero-order valence-corrected chi connectivity index (χ0v) is 10.3. The Morgan fingerprint density at radius 3 is 3.00 bits per heavy atom. The average molecular weight is 232 g/mol. The molecular weight excluding hydrogens is 215 g/mol. The number of hydrogen-bond donors (Lipinski definition) is 0. The Bertz CT molecular complexity index is 557. The Morgan fingerprint density at radius 1 is 1.41 bits per heavy atom. The fourth-order valence-corrected chi connectivity index (χ4v) is 2.77. The fraction of sp³-hybridized carbons (Fsp3) is 0.500. The number of hydrogen-bond acceptors (Lipinski definition) is 1. The number of halogens is 1. The van der Waals surface area contributed by atoms with Gasteiger partial charge >= 0.3 is 0 Å². The minimum Gasteiger partial charge on any atom is -0.301 e. The van der Waals surface area contributed by atoms with Gasteiger partial charge in [-0.15, -0.1) is 0 Å². The van der Waals surface area contributed by atoms with E-state index < -0.39 is 0 Å². The van der Waals surface area contributed by atoms with Crippen molar-refractivity contribution in [2.45, 2.75) is 33.1 Å². The van der Waals surface area contributed by atoms with Crippen molar-refractivity contribution in [3.8, 4) is 0 Å². The standard InChI is InChI=1S/C14H17FN2/c1-9(2)10-3-5-12-13(7-10)17-8-11(15)4-6-14(17)16-12/h4,6,8-10H,3,5,7H2,1-2H3. The van der Waals surface area contributed by atoms with Crippen molar-refractivity contribution >= 4 is 5.65 Å². The summed E-state index contributed by atoms with van der Waals surface area (Å²) in [4.78, 5) is 4.58. The number of fused-ring (bicyclic) bond motifs is 3. The van der Waals surface area contributed by atoms with Crippen LogP contribution in [0.4, 0.5) is 4.39 Å². The molecule has 0 fully saturated rings. The smallest absolute Gasteiger partial charge is 0.139 e.